The van der Waals surface area contributed by atoms with Crippen LogP contribution in [-0.2, 0) is 9.53 Å². The minimum absolute atomic E-state index is 0.0172. The van der Waals surface area contributed by atoms with Gasteiger partial charge in [-0.15, -0.1) is 0 Å². The predicted molar refractivity (Wildman–Crippen MR) is 97.8 cm³/mol. The fraction of sp³-hybridized carbons (Fsp3) is 0.421. The molecule has 0 bridgehead atoms. The first kappa shape index (κ1) is 19.2. The number of Topliss-reactive ketones (excluding diaryl/α,β-unsaturated/α-hetero) is 1. The van der Waals surface area contributed by atoms with Gasteiger partial charge in [0.05, 0.1) is 13.0 Å². The number of carbonyl (C=O) groups is 2. The monoisotopic (exact) mass is 404 g/mol. The highest BCUT2D eigenvalue weighted by Gasteiger charge is 2.25. The molecule has 1 aliphatic heterocycles. The summed E-state index contributed by atoms with van der Waals surface area (Å²) in [5.41, 5.74) is 0.974. The standard InChI is InChI=1S/C19H21BrN2O3/c1-2-25-19(24)16(13-21)17(22-10-4-3-5-11-22)12-18(23)14-6-8-15(20)9-7-14/h6-9H,2-5,10-12H2,1H3/b17-16-. The molecule has 0 spiro atoms. The van der Waals surface area contributed by atoms with E-state index in [4.69, 9.17) is 4.74 Å². The van der Waals surface area contributed by atoms with Crippen molar-refractivity contribution in [1.29, 1.82) is 5.26 Å². The van der Waals surface area contributed by atoms with Crippen molar-refractivity contribution in [2.75, 3.05) is 19.7 Å². The van der Waals surface area contributed by atoms with Gasteiger partial charge in [0, 0.05) is 28.8 Å². The summed E-state index contributed by atoms with van der Waals surface area (Å²) in [5, 5.41) is 9.49. The van der Waals surface area contributed by atoms with Crippen molar-refractivity contribution in [3.8, 4) is 6.07 Å². The van der Waals surface area contributed by atoms with Crippen LogP contribution in [0, 0.1) is 11.3 Å². The van der Waals surface area contributed by atoms with Gasteiger partial charge in [-0.1, -0.05) is 28.1 Å². The number of ether oxygens (including phenoxy) is 1. The SMILES string of the molecule is CCOC(=O)/C(C#N)=C(/CC(=O)c1ccc(Br)cc1)N1CCCCC1. The summed E-state index contributed by atoms with van der Waals surface area (Å²) in [7, 11) is 0. The maximum Gasteiger partial charge on any atom is 0.350 e. The molecule has 1 fully saturated rings. The van der Waals surface area contributed by atoms with Crippen molar-refractivity contribution >= 4 is 27.7 Å². The summed E-state index contributed by atoms with van der Waals surface area (Å²) in [6, 6.07) is 9.02. The number of likely N-dealkylation sites (tertiary alicyclic amines) is 1. The van der Waals surface area contributed by atoms with Crippen molar-refractivity contribution in [3.63, 3.8) is 0 Å². The normalized spacial score (nSPS) is 15.2. The van der Waals surface area contributed by atoms with Crippen molar-refractivity contribution < 1.29 is 14.3 Å². The number of benzene rings is 1. The Morgan fingerprint density at radius 2 is 1.84 bits per heavy atom. The van der Waals surface area contributed by atoms with Gasteiger partial charge in [-0.3, -0.25) is 4.79 Å². The highest BCUT2D eigenvalue weighted by Crippen LogP contribution is 2.23. The Labute approximate surface area is 156 Å². The van der Waals surface area contributed by atoms with Crippen LogP contribution in [0.3, 0.4) is 0 Å². The van der Waals surface area contributed by atoms with Gasteiger partial charge >= 0.3 is 5.97 Å². The highest BCUT2D eigenvalue weighted by atomic mass is 79.9. The lowest BCUT2D eigenvalue weighted by molar-refractivity contribution is -0.138. The second kappa shape index (κ2) is 9.38. The lowest BCUT2D eigenvalue weighted by Crippen LogP contribution is -2.32. The molecule has 1 aromatic rings. The Kier molecular flexibility index (Phi) is 7.20. The second-order valence-electron chi connectivity index (χ2n) is 5.81. The Balaban J connectivity index is 2.33. The lowest BCUT2D eigenvalue weighted by atomic mass is 10.0. The van der Waals surface area contributed by atoms with Gasteiger partial charge in [-0.2, -0.15) is 5.26 Å². The van der Waals surface area contributed by atoms with Crippen LogP contribution >= 0.6 is 15.9 Å². The summed E-state index contributed by atoms with van der Waals surface area (Å²) in [6.07, 6.45) is 3.10. The smallest absolute Gasteiger partial charge is 0.350 e. The van der Waals surface area contributed by atoms with Crippen LogP contribution in [0.25, 0.3) is 0 Å². The van der Waals surface area contributed by atoms with E-state index < -0.39 is 5.97 Å². The van der Waals surface area contributed by atoms with Crippen molar-refractivity contribution in [1.82, 2.24) is 4.90 Å². The number of nitrogens with zero attached hydrogens (tertiary/aromatic N) is 2. The van der Waals surface area contributed by atoms with Gasteiger partial charge in [0.2, 0.25) is 0 Å². The first-order chi connectivity index (χ1) is 12.1. The van der Waals surface area contributed by atoms with Crippen molar-refractivity contribution in [2.45, 2.75) is 32.6 Å². The average molecular weight is 405 g/mol. The van der Waals surface area contributed by atoms with Crippen LogP contribution in [-0.4, -0.2) is 36.3 Å². The van der Waals surface area contributed by atoms with E-state index in [0.717, 1.165) is 36.8 Å². The molecule has 6 heteroatoms. The first-order valence-electron chi connectivity index (χ1n) is 8.41. The molecule has 2 rings (SSSR count). The van der Waals surface area contributed by atoms with E-state index in [9.17, 15) is 14.9 Å². The Morgan fingerprint density at radius 1 is 1.20 bits per heavy atom. The molecular formula is C19H21BrN2O3. The zero-order chi connectivity index (χ0) is 18.2. The predicted octanol–water partition coefficient (Wildman–Crippen LogP) is 3.85. The molecule has 0 radical (unpaired) electrons. The van der Waals surface area contributed by atoms with Crippen LogP contribution in [0.2, 0.25) is 0 Å². The number of piperidine rings is 1. The fourth-order valence-electron chi connectivity index (χ4n) is 2.84. The molecule has 0 aromatic heterocycles. The van der Waals surface area contributed by atoms with Crippen LogP contribution in [0.15, 0.2) is 40.0 Å². The number of allylic oxidation sites excluding steroid dienone is 1. The molecule has 0 unspecified atom stereocenters. The van der Waals surface area contributed by atoms with Crippen LogP contribution < -0.4 is 0 Å². The minimum Gasteiger partial charge on any atom is -0.462 e. The molecule has 0 saturated carbocycles. The van der Waals surface area contributed by atoms with Crippen LogP contribution in [0.1, 0.15) is 43.0 Å². The van der Waals surface area contributed by atoms with Gasteiger partial charge < -0.3 is 9.64 Å². The summed E-state index contributed by atoms with van der Waals surface area (Å²) in [6.45, 7) is 3.37. The largest absolute Gasteiger partial charge is 0.462 e. The number of esters is 1. The topological polar surface area (TPSA) is 70.4 Å². The minimum atomic E-state index is -0.658. The highest BCUT2D eigenvalue weighted by molar-refractivity contribution is 9.10. The van der Waals surface area contributed by atoms with E-state index in [1.165, 1.54) is 0 Å². The molecule has 1 heterocycles. The Bertz CT molecular complexity index is 698. The Morgan fingerprint density at radius 3 is 2.40 bits per heavy atom. The summed E-state index contributed by atoms with van der Waals surface area (Å²) in [4.78, 5) is 26.8. The molecule has 0 N–H and O–H groups in total. The number of nitriles is 1. The van der Waals surface area contributed by atoms with E-state index >= 15 is 0 Å². The molecular weight excluding hydrogens is 384 g/mol. The van der Waals surface area contributed by atoms with Gasteiger partial charge in [-0.05, 0) is 38.3 Å². The Hall–Kier alpha value is -2.13. The number of hydrogen-bond donors (Lipinski definition) is 0. The first-order valence-corrected chi connectivity index (χ1v) is 9.20. The van der Waals surface area contributed by atoms with E-state index in [0.29, 0.717) is 11.3 Å². The third-order valence-corrected chi connectivity index (χ3v) is 4.64. The lowest BCUT2D eigenvalue weighted by Gasteiger charge is -2.31. The maximum atomic E-state index is 12.7. The molecule has 0 amide bonds. The molecule has 25 heavy (non-hydrogen) atoms. The number of rotatable bonds is 6. The number of ketones is 1. The van der Waals surface area contributed by atoms with Gasteiger partial charge in [-0.25, -0.2) is 4.79 Å². The molecule has 0 atom stereocenters. The zero-order valence-corrected chi connectivity index (χ0v) is 15.8. The van der Waals surface area contributed by atoms with Crippen LogP contribution in [0.4, 0.5) is 0 Å². The summed E-state index contributed by atoms with van der Waals surface area (Å²) < 4.78 is 5.90. The molecule has 1 aromatic carbocycles. The van der Waals surface area contributed by atoms with E-state index in [-0.39, 0.29) is 24.4 Å². The van der Waals surface area contributed by atoms with Crippen molar-refractivity contribution in [2.24, 2.45) is 0 Å². The third kappa shape index (κ3) is 5.17. The second-order valence-corrected chi connectivity index (χ2v) is 6.72. The van der Waals surface area contributed by atoms with E-state index in [1.54, 1.807) is 31.2 Å². The summed E-state index contributed by atoms with van der Waals surface area (Å²) >= 11 is 3.35. The number of halogens is 1. The summed E-state index contributed by atoms with van der Waals surface area (Å²) in [5.74, 6) is -0.778. The number of hydrogen-bond acceptors (Lipinski definition) is 5. The fourth-order valence-corrected chi connectivity index (χ4v) is 3.11. The van der Waals surface area contributed by atoms with E-state index in [2.05, 4.69) is 15.9 Å². The van der Waals surface area contributed by atoms with Crippen molar-refractivity contribution in [3.05, 3.63) is 45.6 Å². The molecule has 5 nitrogen and oxygen atoms in total. The number of carbonyl (C=O) groups excluding carboxylic acids is 2. The molecule has 0 aliphatic carbocycles. The van der Waals surface area contributed by atoms with E-state index in [1.807, 2.05) is 11.0 Å². The third-order valence-electron chi connectivity index (χ3n) is 4.11. The van der Waals surface area contributed by atoms with Gasteiger partial charge in [0.25, 0.3) is 0 Å². The quantitative estimate of drug-likeness (QED) is 0.311. The molecule has 1 aliphatic rings. The van der Waals surface area contributed by atoms with Gasteiger partial charge in [0.1, 0.15) is 6.07 Å². The zero-order valence-electron chi connectivity index (χ0n) is 14.3. The molecule has 1 saturated heterocycles. The maximum absolute atomic E-state index is 12.7. The average Bonchev–Trinajstić information content (AvgIpc) is 2.63. The molecule has 132 valence electrons. The van der Waals surface area contributed by atoms with Crippen LogP contribution in [0.5, 0.6) is 0 Å². The van der Waals surface area contributed by atoms with Gasteiger partial charge in [0.15, 0.2) is 11.4 Å².